The van der Waals surface area contributed by atoms with Gasteiger partial charge in [-0.05, 0) is 37.5 Å². The molecule has 1 N–H and O–H groups in total. The second-order valence-corrected chi connectivity index (χ2v) is 6.23. The highest BCUT2D eigenvalue weighted by atomic mass is 16.5. The number of unbranched alkanes of at least 4 members (excludes halogenated alkanes) is 1. The molecule has 2 atom stereocenters. The monoisotopic (exact) mass is 359 g/mol. The number of benzene rings is 1. The standard InChI is InChI=1S/C19H25N3O4/c1-5-6-12-17(26-15(4)23)13(2)14(3)22-19(25)21(18(24)20-22)16-10-8-7-9-11-16/h7-11,14,17H,2,5-6,12H2,1,3-4H3,(H,20,24)/t14-,17+/m1/s1. The predicted octanol–water partition coefficient (Wildman–Crippen LogP) is 2.57. The van der Waals surface area contributed by atoms with Crippen molar-refractivity contribution in [2.75, 3.05) is 0 Å². The van der Waals surface area contributed by atoms with Crippen LogP contribution in [-0.2, 0) is 9.53 Å². The number of hydrogen-bond acceptors (Lipinski definition) is 4. The van der Waals surface area contributed by atoms with E-state index < -0.39 is 29.5 Å². The van der Waals surface area contributed by atoms with Gasteiger partial charge in [-0.3, -0.25) is 4.79 Å². The maximum Gasteiger partial charge on any atom is 0.352 e. The fraction of sp³-hybridized carbons (Fsp3) is 0.421. The number of para-hydroxylation sites is 1. The van der Waals surface area contributed by atoms with Crippen LogP contribution in [0.25, 0.3) is 5.69 Å². The Morgan fingerprint density at radius 2 is 1.92 bits per heavy atom. The molecule has 0 saturated carbocycles. The fourth-order valence-corrected chi connectivity index (χ4v) is 2.81. The number of nitrogens with zero attached hydrogens (tertiary/aromatic N) is 2. The Bertz CT molecular complexity index is 876. The van der Waals surface area contributed by atoms with Gasteiger partial charge in [0, 0.05) is 6.92 Å². The SMILES string of the molecule is C=C([C@H](CCCC)OC(C)=O)[C@@H](C)n1[nH]c(=O)n(-c2ccccc2)c1=O. The van der Waals surface area contributed by atoms with Crippen LogP contribution < -0.4 is 11.4 Å². The summed E-state index contributed by atoms with van der Waals surface area (Å²) >= 11 is 0. The predicted molar refractivity (Wildman–Crippen MR) is 99.6 cm³/mol. The minimum absolute atomic E-state index is 0.401. The second-order valence-electron chi connectivity index (χ2n) is 6.23. The van der Waals surface area contributed by atoms with Crippen molar-refractivity contribution in [2.24, 2.45) is 0 Å². The molecule has 26 heavy (non-hydrogen) atoms. The van der Waals surface area contributed by atoms with Crippen LogP contribution in [-0.4, -0.2) is 26.4 Å². The van der Waals surface area contributed by atoms with Gasteiger partial charge in [-0.2, -0.15) is 0 Å². The zero-order chi connectivity index (χ0) is 19.3. The molecule has 0 aliphatic heterocycles. The Morgan fingerprint density at radius 3 is 2.50 bits per heavy atom. The number of carbonyl (C=O) groups excluding carboxylic acids is 1. The lowest BCUT2D eigenvalue weighted by atomic mass is 10.00. The zero-order valence-electron chi connectivity index (χ0n) is 15.4. The van der Waals surface area contributed by atoms with Crippen molar-refractivity contribution in [1.82, 2.24) is 14.3 Å². The zero-order valence-corrected chi connectivity index (χ0v) is 15.4. The quantitative estimate of drug-likeness (QED) is 0.580. The van der Waals surface area contributed by atoms with E-state index in [0.29, 0.717) is 17.7 Å². The molecule has 0 spiro atoms. The Hall–Kier alpha value is -2.83. The van der Waals surface area contributed by atoms with E-state index in [-0.39, 0.29) is 0 Å². The van der Waals surface area contributed by atoms with Crippen LogP contribution in [0.15, 0.2) is 52.1 Å². The van der Waals surface area contributed by atoms with Crippen molar-refractivity contribution in [2.45, 2.75) is 52.2 Å². The number of H-pyrrole nitrogens is 1. The minimum Gasteiger partial charge on any atom is -0.458 e. The van der Waals surface area contributed by atoms with Gasteiger partial charge in [-0.15, -0.1) is 0 Å². The Balaban J connectivity index is 2.35. The van der Waals surface area contributed by atoms with Crippen LogP contribution in [0.2, 0.25) is 0 Å². The molecule has 7 nitrogen and oxygen atoms in total. The van der Waals surface area contributed by atoms with Crippen molar-refractivity contribution in [3.63, 3.8) is 0 Å². The summed E-state index contributed by atoms with van der Waals surface area (Å²) in [6.45, 7) is 9.15. The number of ether oxygens (including phenoxy) is 1. The Labute approximate surface area is 151 Å². The first-order valence-corrected chi connectivity index (χ1v) is 8.71. The number of aromatic nitrogens is 3. The molecule has 1 aromatic carbocycles. The third-order valence-electron chi connectivity index (χ3n) is 4.30. The summed E-state index contributed by atoms with van der Waals surface area (Å²) in [4.78, 5) is 36.4. The van der Waals surface area contributed by atoms with Gasteiger partial charge in [0.2, 0.25) is 0 Å². The highest BCUT2D eigenvalue weighted by Gasteiger charge is 2.24. The summed E-state index contributed by atoms with van der Waals surface area (Å²) in [5, 5.41) is 2.57. The fourth-order valence-electron chi connectivity index (χ4n) is 2.81. The second kappa shape index (κ2) is 8.51. The molecule has 0 amide bonds. The number of rotatable bonds is 8. The number of nitrogens with one attached hydrogen (secondary N) is 1. The topological polar surface area (TPSA) is 86.1 Å². The molecule has 0 aliphatic carbocycles. The van der Waals surface area contributed by atoms with Crippen molar-refractivity contribution in [1.29, 1.82) is 0 Å². The van der Waals surface area contributed by atoms with Crippen LogP contribution in [0.3, 0.4) is 0 Å². The molecular formula is C19H25N3O4. The molecule has 0 saturated heterocycles. The smallest absolute Gasteiger partial charge is 0.352 e. The minimum atomic E-state index is -0.529. The lowest BCUT2D eigenvalue weighted by Gasteiger charge is -2.24. The lowest BCUT2D eigenvalue weighted by Crippen LogP contribution is -2.31. The molecule has 0 bridgehead atoms. The van der Waals surface area contributed by atoms with Gasteiger partial charge < -0.3 is 4.74 Å². The summed E-state index contributed by atoms with van der Waals surface area (Å²) in [6, 6.07) is 8.15. The first kappa shape index (κ1) is 19.5. The number of esters is 1. The van der Waals surface area contributed by atoms with Crippen molar-refractivity contribution in [3.8, 4) is 5.69 Å². The van der Waals surface area contributed by atoms with Crippen LogP contribution >= 0.6 is 0 Å². The first-order chi connectivity index (χ1) is 12.4. The van der Waals surface area contributed by atoms with E-state index in [2.05, 4.69) is 11.7 Å². The van der Waals surface area contributed by atoms with Crippen molar-refractivity contribution in [3.05, 3.63) is 63.5 Å². The van der Waals surface area contributed by atoms with Gasteiger partial charge in [-0.1, -0.05) is 38.1 Å². The first-order valence-electron chi connectivity index (χ1n) is 8.71. The van der Waals surface area contributed by atoms with Gasteiger partial charge in [0.05, 0.1) is 11.7 Å². The summed E-state index contributed by atoms with van der Waals surface area (Å²) in [5.41, 5.74) is 0.0282. The molecule has 2 aromatic rings. The van der Waals surface area contributed by atoms with Crippen LogP contribution in [0.5, 0.6) is 0 Å². The summed E-state index contributed by atoms with van der Waals surface area (Å²) in [5.74, 6) is -0.401. The largest absolute Gasteiger partial charge is 0.458 e. The summed E-state index contributed by atoms with van der Waals surface area (Å²) in [6.07, 6.45) is 1.93. The van der Waals surface area contributed by atoms with Crippen molar-refractivity contribution < 1.29 is 9.53 Å². The van der Waals surface area contributed by atoms with Gasteiger partial charge in [-0.25, -0.2) is 23.9 Å². The molecule has 1 heterocycles. The number of aromatic amines is 1. The third-order valence-corrected chi connectivity index (χ3v) is 4.30. The van der Waals surface area contributed by atoms with Gasteiger partial charge >= 0.3 is 17.3 Å². The van der Waals surface area contributed by atoms with E-state index >= 15 is 0 Å². The van der Waals surface area contributed by atoms with Gasteiger partial charge in [0.1, 0.15) is 6.10 Å². The molecule has 2 rings (SSSR count). The molecule has 7 heteroatoms. The Morgan fingerprint density at radius 1 is 1.27 bits per heavy atom. The maximum absolute atomic E-state index is 12.7. The van der Waals surface area contributed by atoms with Gasteiger partial charge in [0.25, 0.3) is 0 Å². The molecule has 0 aliphatic rings. The molecule has 0 fully saturated rings. The van der Waals surface area contributed by atoms with E-state index in [1.165, 1.54) is 11.6 Å². The van der Waals surface area contributed by atoms with Crippen LogP contribution in [0, 0.1) is 0 Å². The highest BCUT2D eigenvalue weighted by molar-refractivity contribution is 5.66. The van der Waals surface area contributed by atoms with E-state index in [4.69, 9.17) is 4.74 Å². The molecule has 140 valence electrons. The number of hydrogen-bond donors (Lipinski definition) is 1. The highest BCUT2D eigenvalue weighted by Crippen LogP contribution is 2.22. The summed E-state index contributed by atoms with van der Waals surface area (Å²) < 4.78 is 7.65. The molecule has 1 aromatic heterocycles. The van der Waals surface area contributed by atoms with E-state index in [9.17, 15) is 14.4 Å². The molecule has 0 radical (unpaired) electrons. The summed E-state index contributed by atoms with van der Waals surface area (Å²) in [7, 11) is 0. The Kier molecular flexibility index (Phi) is 6.38. The molecular weight excluding hydrogens is 334 g/mol. The van der Waals surface area contributed by atoms with Crippen molar-refractivity contribution >= 4 is 5.97 Å². The van der Waals surface area contributed by atoms with E-state index in [1.54, 1.807) is 31.2 Å². The van der Waals surface area contributed by atoms with E-state index in [0.717, 1.165) is 17.4 Å². The van der Waals surface area contributed by atoms with Gasteiger partial charge in [0.15, 0.2) is 0 Å². The third kappa shape index (κ3) is 4.22. The average Bonchev–Trinajstić information content (AvgIpc) is 2.92. The average molecular weight is 359 g/mol. The van der Waals surface area contributed by atoms with Crippen LogP contribution in [0.4, 0.5) is 0 Å². The maximum atomic E-state index is 12.7. The normalized spacial score (nSPS) is 13.2. The number of carbonyl (C=O) groups is 1. The lowest BCUT2D eigenvalue weighted by molar-refractivity contribution is -0.145. The van der Waals surface area contributed by atoms with E-state index in [1.807, 2.05) is 13.0 Å². The van der Waals surface area contributed by atoms with Crippen LogP contribution in [0.1, 0.15) is 46.1 Å². The molecule has 0 unspecified atom stereocenters.